The number of rotatable bonds is 0. The first-order chi connectivity index (χ1) is 3.80. The summed E-state index contributed by atoms with van der Waals surface area (Å²) in [5, 5.41) is 3.87. The van der Waals surface area contributed by atoms with E-state index >= 15 is 0 Å². The lowest BCUT2D eigenvalue weighted by Crippen LogP contribution is -2.27. The second-order valence-electron chi connectivity index (χ2n) is 1.41. The second kappa shape index (κ2) is 2.34. The van der Waals surface area contributed by atoms with E-state index < -0.39 is 0 Å². The van der Waals surface area contributed by atoms with Gasteiger partial charge in [-0.25, -0.2) is 4.98 Å². The zero-order valence-electron chi connectivity index (χ0n) is 4.37. The van der Waals surface area contributed by atoms with Crippen LogP contribution < -0.4 is 2.90 Å². The zero-order chi connectivity index (χ0) is 5.98. The third kappa shape index (κ3) is 1.12. The van der Waals surface area contributed by atoms with Crippen molar-refractivity contribution in [3.05, 3.63) is 18.2 Å². The molecule has 0 aromatic carbocycles. The topological polar surface area (TPSA) is 29.7 Å². The fourth-order valence-electron chi connectivity index (χ4n) is 0.355. The van der Waals surface area contributed by atoms with E-state index in [1.165, 1.54) is 6.33 Å². The fraction of sp³-hybridized carbons (Fsp3) is 0.250. The molecule has 1 heterocycles. The van der Waals surface area contributed by atoms with Crippen LogP contribution in [0.5, 0.6) is 0 Å². The summed E-state index contributed by atoms with van der Waals surface area (Å²) in [6, 6.07) is 0. The number of hydrogen-bond acceptors (Lipinski definition) is 2. The van der Waals surface area contributed by atoms with Crippen LogP contribution in [0.25, 0.3) is 0 Å². The van der Waals surface area contributed by atoms with E-state index in [1.54, 1.807) is 9.09 Å². The first-order valence-corrected chi connectivity index (χ1v) is 3.12. The van der Waals surface area contributed by atoms with Gasteiger partial charge in [-0.2, -0.15) is 0 Å². The summed E-state index contributed by atoms with van der Waals surface area (Å²) in [6.07, 6.45) is 3.28. The minimum Gasteiger partial charge on any atom is -0.232 e. The van der Waals surface area contributed by atoms with Crippen molar-refractivity contribution in [2.45, 2.75) is 6.92 Å². The lowest BCUT2D eigenvalue weighted by atomic mass is 10.6. The Labute approximate surface area is 61.3 Å². The molecular weight excluding hydrogens is 217 g/mol. The van der Waals surface area contributed by atoms with Crippen molar-refractivity contribution in [2.24, 2.45) is 0 Å². The Bertz CT molecular complexity index is 167. The van der Waals surface area contributed by atoms with E-state index in [2.05, 4.69) is 32.9 Å². The molecule has 0 aliphatic rings. The maximum Gasteiger partial charge on any atom is 0.384 e. The third-order valence-corrected chi connectivity index (χ3v) is 1.78. The van der Waals surface area contributed by atoms with Crippen molar-refractivity contribution in [3.8, 4) is 0 Å². The molecule has 0 N–H and O–H groups in total. The van der Waals surface area contributed by atoms with Gasteiger partial charge in [0.05, 0.1) is 6.20 Å². The number of aromatic nitrogens is 3. The monoisotopic (exact) mass is 222 g/mol. The lowest BCUT2D eigenvalue weighted by Gasteiger charge is -1.80. The van der Waals surface area contributed by atoms with Crippen molar-refractivity contribution in [3.63, 3.8) is 0 Å². The SMILES string of the molecule is Cc1cncn[n+]1I. The lowest BCUT2D eigenvalue weighted by molar-refractivity contribution is -0.522. The highest BCUT2D eigenvalue weighted by Gasteiger charge is 1.99. The highest BCUT2D eigenvalue weighted by Crippen LogP contribution is 1.81. The molecule has 42 valence electrons. The van der Waals surface area contributed by atoms with E-state index in [-0.39, 0.29) is 0 Å². The molecule has 0 unspecified atom stereocenters. The normalized spacial score (nSPS) is 9.25. The molecule has 1 aromatic rings. The summed E-state index contributed by atoms with van der Waals surface area (Å²) < 4.78 is 1.74. The molecule has 0 spiro atoms. The molecule has 1 rings (SSSR count). The van der Waals surface area contributed by atoms with Crippen molar-refractivity contribution in [1.29, 1.82) is 0 Å². The van der Waals surface area contributed by atoms with Crippen molar-refractivity contribution >= 4 is 22.9 Å². The van der Waals surface area contributed by atoms with E-state index in [0.29, 0.717) is 0 Å². The fourth-order valence-corrected chi connectivity index (χ4v) is 0.591. The van der Waals surface area contributed by atoms with Gasteiger partial charge < -0.3 is 0 Å². The minimum atomic E-state index is 1.05. The maximum atomic E-state index is 3.87. The molecule has 8 heavy (non-hydrogen) atoms. The molecule has 3 nitrogen and oxygen atoms in total. The Morgan fingerprint density at radius 3 is 2.88 bits per heavy atom. The van der Waals surface area contributed by atoms with Gasteiger partial charge in [-0.15, -0.1) is 0 Å². The minimum absolute atomic E-state index is 1.05. The van der Waals surface area contributed by atoms with Crippen LogP contribution in [0.2, 0.25) is 0 Å². The zero-order valence-corrected chi connectivity index (χ0v) is 6.53. The predicted molar refractivity (Wildman–Crippen MR) is 36.4 cm³/mol. The predicted octanol–water partition coefficient (Wildman–Crippen LogP) is 0.271. The Balaban J connectivity index is 3.13. The van der Waals surface area contributed by atoms with E-state index in [9.17, 15) is 0 Å². The van der Waals surface area contributed by atoms with Crippen molar-refractivity contribution < 1.29 is 2.90 Å². The standard InChI is InChI=1S/C4H5IN3/c1-4-2-6-3-7-8(4)5/h2-3H,1H3/q+1. The molecule has 0 radical (unpaired) electrons. The summed E-state index contributed by atoms with van der Waals surface area (Å²) in [5.74, 6) is 0. The van der Waals surface area contributed by atoms with E-state index in [1.807, 2.05) is 6.92 Å². The van der Waals surface area contributed by atoms with Gasteiger partial charge in [0.2, 0.25) is 5.69 Å². The van der Waals surface area contributed by atoms with Gasteiger partial charge in [0.25, 0.3) is 0 Å². The number of halogens is 1. The van der Waals surface area contributed by atoms with Gasteiger partial charge in [0.15, 0.2) is 6.33 Å². The molecule has 0 saturated carbocycles. The van der Waals surface area contributed by atoms with Crippen LogP contribution in [-0.4, -0.2) is 10.1 Å². The van der Waals surface area contributed by atoms with Gasteiger partial charge in [0.1, 0.15) is 0 Å². The molecule has 0 saturated heterocycles. The highest BCUT2D eigenvalue weighted by atomic mass is 127. The molecule has 0 amide bonds. The Morgan fingerprint density at radius 1 is 1.75 bits per heavy atom. The van der Waals surface area contributed by atoms with E-state index in [4.69, 9.17) is 0 Å². The first kappa shape index (κ1) is 5.87. The summed E-state index contributed by atoms with van der Waals surface area (Å²) in [7, 11) is 0. The average molecular weight is 222 g/mol. The Kier molecular flexibility index (Phi) is 1.72. The van der Waals surface area contributed by atoms with Crippen LogP contribution in [0, 0.1) is 6.92 Å². The van der Waals surface area contributed by atoms with Gasteiger partial charge in [-0.1, -0.05) is 0 Å². The van der Waals surface area contributed by atoms with Crippen molar-refractivity contribution in [1.82, 2.24) is 10.1 Å². The maximum absolute atomic E-state index is 3.87. The third-order valence-electron chi connectivity index (χ3n) is 0.772. The largest absolute Gasteiger partial charge is 0.384 e. The van der Waals surface area contributed by atoms with Crippen LogP contribution in [0.4, 0.5) is 0 Å². The van der Waals surface area contributed by atoms with Crippen LogP contribution in [0.15, 0.2) is 12.5 Å². The summed E-state index contributed by atoms with van der Waals surface area (Å²) in [6.45, 7) is 1.95. The molecule has 0 aliphatic carbocycles. The van der Waals surface area contributed by atoms with Gasteiger partial charge >= 0.3 is 22.9 Å². The first-order valence-electron chi connectivity index (χ1n) is 2.16. The molecule has 0 fully saturated rings. The average Bonchev–Trinajstić information content (AvgIpc) is 1.77. The van der Waals surface area contributed by atoms with Gasteiger partial charge in [-0.3, -0.25) is 0 Å². The summed E-state index contributed by atoms with van der Waals surface area (Å²) in [5.41, 5.74) is 1.05. The van der Waals surface area contributed by atoms with Gasteiger partial charge in [-0.05, 0) is 2.90 Å². The molecule has 1 aromatic heterocycles. The van der Waals surface area contributed by atoms with Crippen LogP contribution in [0.1, 0.15) is 5.69 Å². The number of nitrogens with zero attached hydrogens (tertiary/aromatic N) is 3. The molecule has 4 heteroatoms. The molecule has 0 atom stereocenters. The van der Waals surface area contributed by atoms with E-state index in [0.717, 1.165) is 5.69 Å². The smallest absolute Gasteiger partial charge is 0.232 e. The number of aryl methyl sites for hydroxylation is 1. The summed E-state index contributed by atoms with van der Waals surface area (Å²) in [4.78, 5) is 3.81. The van der Waals surface area contributed by atoms with Crippen LogP contribution in [0.3, 0.4) is 0 Å². The molecule has 0 aliphatic heterocycles. The number of hydrogen-bond donors (Lipinski definition) is 0. The van der Waals surface area contributed by atoms with Gasteiger partial charge in [0, 0.05) is 12.0 Å². The van der Waals surface area contributed by atoms with Crippen LogP contribution >= 0.6 is 22.9 Å². The Morgan fingerprint density at radius 2 is 2.50 bits per heavy atom. The summed E-state index contributed by atoms with van der Waals surface area (Å²) >= 11 is 2.09. The quantitative estimate of drug-likeness (QED) is 0.589. The molecular formula is C4H5IN3+. The van der Waals surface area contributed by atoms with Crippen LogP contribution in [-0.2, 0) is 0 Å². The Hall–Kier alpha value is -0.260. The highest BCUT2D eigenvalue weighted by molar-refractivity contribution is 14.1. The molecule has 0 bridgehead atoms. The van der Waals surface area contributed by atoms with Crippen molar-refractivity contribution in [2.75, 3.05) is 0 Å². The second-order valence-corrected chi connectivity index (χ2v) is 2.32.